The third kappa shape index (κ3) is 5.35. The Labute approximate surface area is 188 Å². The van der Waals surface area contributed by atoms with Crippen molar-refractivity contribution in [1.82, 2.24) is 4.90 Å². The minimum Gasteiger partial charge on any atom is -0.497 e. The third-order valence-corrected chi connectivity index (χ3v) is 5.80. The van der Waals surface area contributed by atoms with Crippen molar-refractivity contribution in [2.45, 2.75) is 26.4 Å². The number of nitro groups is 1. The first-order chi connectivity index (χ1) is 15.3. The molecule has 1 heterocycles. The largest absolute Gasteiger partial charge is 0.497 e. The van der Waals surface area contributed by atoms with Crippen molar-refractivity contribution in [3.63, 3.8) is 0 Å². The van der Waals surface area contributed by atoms with Crippen molar-refractivity contribution >= 4 is 23.0 Å². The van der Waals surface area contributed by atoms with Gasteiger partial charge < -0.3 is 19.7 Å². The minimum absolute atomic E-state index is 0.0261. The molecule has 0 spiro atoms. The maximum atomic E-state index is 13.1. The molecule has 9 heteroatoms. The molecule has 0 bridgehead atoms. The molecule has 3 rings (SSSR count). The summed E-state index contributed by atoms with van der Waals surface area (Å²) >= 11 is 0. The van der Waals surface area contributed by atoms with Crippen LogP contribution in [0.5, 0.6) is 5.75 Å². The van der Waals surface area contributed by atoms with Gasteiger partial charge in [0.25, 0.3) is 5.69 Å². The van der Waals surface area contributed by atoms with Crippen LogP contribution in [0.1, 0.15) is 18.1 Å². The smallest absolute Gasteiger partial charge is 0.292 e. The van der Waals surface area contributed by atoms with Crippen molar-refractivity contribution < 1.29 is 19.2 Å². The van der Waals surface area contributed by atoms with Crippen molar-refractivity contribution in [3.8, 4) is 5.75 Å². The molecular weight excluding hydrogens is 412 g/mol. The van der Waals surface area contributed by atoms with E-state index in [1.807, 2.05) is 31.2 Å². The lowest BCUT2D eigenvalue weighted by Crippen LogP contribution is -2.50. The first-order valence-corrected chi connectivity index (χ1v) is 10.6. The van der Waals surface area contributed by atoms with Gasteiger partial charge in [0.2, 0.25) is 5.91 Å². The van der Waals surface area contributed by atoms with Crippen molar-refractivity contribution in [2.24, 2.45) is 0 Å². The summed E-state index contributed by atoms with van der Waals surface area (Å²) in [6, 6.07) is 10.3. The van der Waals surface area contributed by atoms with Crippen LogP contribution in [0.4, 0.5) is 17.1 Å². The van der Waals surface area contributed by atoms with Crippen LogP contribution in [0.15, 0.2) is 36.4 Å². The molecule has 32 heavy (non-hydrogen) atoms. The molecular formula is C23H30N4O5. The van der Waals surface area contributed by atoms with E-state index in [0.29, 0.717) is 49.8 Å². The van der Waals surface area contributed by atoms with Gasteiger partial charge in [-0.2, -0.15) is 0 Å². The second-order valence-corrected chi connectivity index (χ2v) is 7.84. The topological polar surface area (TPSA) is 97.2 Å². The van der Waals surface area contributed by atoms with E-state index in [0.717, 1.165) is 11.3 Å². The number of ether oxygens (including phenoxy) is 2. The Hall–Kier alpha value is -3.17. The second kappa shape index (κ2) is 10.4. The summed E-state index contributed by atoms with van der Waals surface area (Å²) in [5.41, 5.74) is 2.59. The molecule has 0 radical (unpaired) electrons. The van der Waals surface area contributed by atoms with Gasteiger partial charge in [-0.05, 0) is 43.2 Å². The maximum Gasteiger partial charge on any atom is 0.292 e. The Morgan fingerprint density at radius 2 is 1.94 bits per heavy atom. The van der Waals surface area contributed by atoms with Gasteiger partial charge in [-0.25, -0.2) is 0 Å². The monoisotopic (exact) mass is 442 g/mol. The molecule has 1 N–H and O–H groups in total. The lowest BCUT2D eigenvalue weighted by atomic mass is 10.1. The molecule has 9 nitrogen and oxygen atoms in total. The average molecular weight is 443 g/mol. The fourth-order valence-electron chi connectivity index (χ4n) is 3.80. The normalized spacial score (nSPS) is 15.1. The summed E-state index contributed by atoms with van der Waals surface area (Å²) in [5.74, 6) is 0.678. The van der Waals surface area contributed by atoms with E-state index in [1.54, 1.807) is 32.0 Å². The number of amides is 1. The third-order valence-electron chi connectivity index (χ3n) is 5.80. The number of aryl methyl sites for hydroxylation is 1. The number of morpholine rings is 1. The fourth-order valence-corrected chi connectivity index (χ4v) is 3.80. The number of nitrogens with one attached hydrogen (secondary N) is 1. The highest BCUT2D eigenvalue weighted by atomic mass is 16.6. The lowest BCUT2D eigenvalue weighted by molar-refractivity contribution is -0.384. The molecule has 1 aliphatic rings. The number of benzene rings is 2. The summed E-state index contributed by atoms with van der Waals surface area (Å²) in [6.45, 7) is 6.68. The van der Waals surface area contributed by atoms with Crippen LogP contribution >= 0.6 is 0 Å². The van der Waals surface area contributed by atoms with Crippen LogP contribution in [-0.4, -0.2) is 62.2 Å². The van der Waals surface area contributed by atoms with Crippen molar-refractivity contribution in [3.05, 3.63) is 57.6 Å². The Bertz CT molecular complexity index is 958. The molecule has 0 saturated carbocycles. The van der Waals surface area contributed by atoms with Gasteiger partial charge in [-0.3, -0.25) is 19.8 Å². The van der Waals surface area contributed by atoms with E-state index in [2.05, 4.69) is 10.2 Å². The highest BCUT2D eigenvalue weighted by Gasteiger charge is 2.28. The summed E-state index contributed by atoms with van der Waals surface area (Å²) in [7, 11) is 3.31. The molecule has 172 valence electrons. The van der Waals surface area contributed by atoms with Gasteiger partial charge in [-0.15, -0.1) is 0 Å². The number of rotatable bonds is 8. The predicted octanol–water partition coefficient (Wildman–Crippen LogP) is 3.21. The summed E-state index contributed by atoms with van der Waals surface area (Å²) in [5, 5.41) is 14.8. The Balaban J connectivity index is 1.82. The van der Waals surface area contributed by atoms with Crippen LogP contribution < -0.4 is 15.0 Å². The van der Waals surface area contributed by atoms with Crippen LogP contribution in [0.25, 0.3) is 0 Å². The Morgan fingerprint density at radius 3 is 2.53 bits per heavy atom. The van der Waals surface area contributed by atoms with Crippen molar-refractivity contribution in [2.75, 3.05) is 50.7 Å². The van der Waals surface area contributed by atoms with Gasteiger partial charge in [0.1, 0.15) is 11.4 Å². The van der Waals surface area contributed by atoms with Crippen LogP contribution in [0, 0.1) is 17.0 Å². The molecule has 2 aromatic rings. The predicted molar refractivity (Wildman–Crippen MR) is 123 cm³/mol. The fraction of sp³-hybridized carbons (Fsp3) is 0.435. The number of carbonyl (C=O) groups is 1. The number of nitro benzene ring substituents is 1. The average Bonchev–Trinajstić information content (AvgIpc) is 2.82. The number of anilines is 2. The Kier molecular flexibility index (Phi) is 7.66. The highest BCUT2D eigenvalue weighted by molar-refractivity contribution is 5.98. The number of methoxy groups -OCH3 is 1. The zero-order valence-corrected chi connectivity index (χ0v) is 19.0. The molecule has 2 aromatic carbocycles. The summed E-state index contributed by atoms with van der Waals surface area (Å²) in [6.07, 6.45) is 0. The molecule has 0 aromatic heterocycles. The molecule has 1 atom stereocenters. The van der Waals surface area contributed by atoms with E-state index in [9.17, 15) is 14.9 Å². The van der Waals surface area contributed by atoms with E-state index in [4.69, 9.17) is 9.47 Å². The molecule has 1 amide bonds. The van der Waals surface area contributed by atoms with E-state index >= 15 is 0 Å². The molecule has 1 aliphatic heterocycles. The summed E-state index contributed by atoms with van der Waals surface area (Å²) < 4.78 is 10.5. The number of hydrogen-bond donors (Lipinski definition) is 1. The quantitative estimate of drug-likeness (QED) is 0.495. The van der Waals surface area contributed by atoms with Crippen molar-refractivity contribution in [1.29, 1.82) is 0 Å². The van der Waals surface area contributed by atoms with Gasteiger partial charge in [0.15, 0.2) is 0 Å². The zero-order chi connectivity index (χ0) is 23.3. The lowest BCUT2D eigenvalue weighted by Gasteiger charge is -2.34. The van der Waals surface area contributed by atoms with E-state index in [1.165, 1.54) is 6.07 Å². The number of carbonyl (C=O) groups excluding carboxylic acids is 1. The molecule has 1 saturated heterocycles. The minimum atomic E-state index is -0.411. The van der Waals surface area contributed by atoms with Crippen LogP contribution in [-0.2, 0) is 16.1 Å². The zero-order valence-electron chi connectivity index (χ0n) is 19.0. The van der Waals surface area contributed by atoms with E-state index in [-0.39, 0.29) is 17.6 Å². The van der Waals surface area contributed by atoms with Crippen LogP contribution in [0.2, 0.25) is 0 Å². The number of nitrogens with zero attached hydrogens (tertiary/aromatic N) is 3. The SMILES string of the molecule is COc1ccc(CNc2cc(N(C)C(=O)[C@H](C)N3CCOCC3)c(C)cc2[N+](=O)[O-])cc1. The second-order valence-electron chi connectivity index (χ2n) is 7.84. The molecule has 1 fully saturated rings. The van der Waals surface area contributed by atoms with E-state index < -0.39 is 4.92 Å². The summed E-state index contributed by atoms with van der Waals surface area (Å²) in [4.78, 5) is 28.0. The first kappa shape index (κ1) is 23.5. The molecule has 0 unspecified atom stereocenters. The van der Waals surface area contributed by atoms with Gasteiger partial charge >= 0.3 is 0 Å². The van der Waals surface area contributed by atoms with Gasteiger partial charge in [-0.1, -0.05) is 12.1 Å². The first-order valence-electron chi connectivity index (χ1n) is 10.6. The number of likely N-dealkylation sites (N-methyl/N-ethyl adjacent to an activating group) is 1. The highest BCUT2D eigenvalue weighted by Crippen LogP contribution is 2.33. The van der Waals surface area contributed by atoms with Crippen LogP contribution in [0.3, 0.4) is 0 Å². The van der Waals surface area contributed by atoms with Gasteiger partial charge in [0.05, 0.1) is 31.3 Å². The number of hydrogen-bond acceptors (Lipinski definition) is 7. The van der Waals surface area contributed by atoms with Gasteiger partial charge in [0, 0.05) is 38.4 Å². The Morgan fingerprint density at radius 1 is 1.28 bits per heavy atom. The maximum absolute atomic E-state index is 13.1. The standard InChI is InChI=1S/C23H30N4O5/c1-16-13-22(27(29)30)20(24-15-18-5-7-19(31-4)8-6-18)14-21(16)25(3)23(28)17(2)26-9-11-32-12-10-26/h5-8,13-14,17,24H,9-12,15H2,1-4H3/t17-/m0/s1. The molecule has 0 aliphatic carbocycles.